The van der Waals surface area contributed by atoms with Gasteiger partial charge in [-0.25, -0.2) is 23.7 Å². The lowest BCUT2D eigenvalue weighted by molar-refractivity contribution is 0.122. The fraction of sp³-hybridized carbons (Fsp3) is 0.316. The first-order valence-corrected chi connectivity index (χ1v) is 25.4. The molecule has 0 saturated carbocycles. The van der Waals surface area contributed by atoms with Gasteiger partial charge in [0.05, 0.1) is 100 Å². The zero-order valence-corrected chi connectivity index (χ0v) is 43.3. The minimum atomic E-state index is -0.332. The summed E-state index contributed by atoms with van der Waals surface area (Å²) < 4.78 is 40.7. The van der Waals surface area contributed by atoms with Crippen molar-refractivity contribution in [1.82, 2.24) is 29.9 Å². The van der Waals surface area contributed by atoms with Crippen LogP contribution in [-0.2, 0) is 20.3 Å². The van der Waals surface area contributed by atoms with Crippen LogP contribution in [-0.4, -0.2) is 95.6 Å². The highest BCUT2D eigenvalue weighted by Crippen LogP contribution is 2.52. The van der Waals surface area contributed by atoms with Gasteiger partial charge >= 0.3 is 0 Å². The van der Waals surface area contributed by atoms with Crippen LogP contribution in [0.3, 0.4) is 0 Å². The van der Waals surface area contributed by atoms with Crippen LogP contribution in [0.2, 0.25) is 0 Å². The van der Waals surface area contributed by atoms with Crippen molar-refractivity contribution in [3.8, 4) is 22.8 Å². The summed E-state index contributed by atoms with van der Waals surface area (Å²) >= 11 is 3.75. The number of aromatic nitrogens is 6. The zero-order valence-electron chi connectivity index (χ0n) is 41.7. The molecule has 8 aromatic rings. The Bertz CT molecular complexity index is 3490. The Morgan fingerprint density at radius 3 is 1.48 bits per heavy atom. The molecule has 0 aliphatic carbocycles. The van der Waals surface area contributed by atoms with Gasteiger partial charge in [0.15, 0.2) is 5.69 Å². The molecule has 12 rings (SSSR count). The van der Waals surface area contributed by atoms with Crippen molar-refractivity contribution < 1.29 is 18.3 Å². The molecule has 2 saturated heterocycles. The Hall–Kier alpha value is -7.19. The maximum absolute atomic E-state index is 14.4. The minimum Gasteiger partial charge on any atom is -0.378 e. The maximum atomic E-state index is 14.4. The number of pyridine rings is 6. The number of anilines is 6. The highest BCUT2D eigenvalue weighted by molar-refractivity contribution is 9.10. The van der Waals surface area contributed by atoms with Gasteiger partial charge in [0.2, 0.25) is 0 Å². The van der Waals surface area contributed by atoms with Crippen LogP contribution in [0.15, 0.2) is 102 Å². The van der Waals surface area contributed by atoms with E-state index in [-0.39, 0.29) is 22.5 Å². The average molecular weight is 1040 g/mol. The molecule has 0 bridgehead atoms. The number of fused-ring (bicyclic) bond motifs is 4. The van der Waals surface area contributed by atoms with Crippen LogP contribution in [0.1, 0.15) is 50.2 Å². The largest absolute Gasteiger partial charge is 0.378 e. The number of morpholine rings is 2. The molecule has 0 amide bonds. The lowest BCUT2D eigenvalue weighted by atomic mass is 9.91. The molecule has 0 atom stereocenters. The predicted octanol–water partition coefficient (Wildman–Crippen LogP) is 12.1. The number of hydrogen-bond donors (Lipinski definition) is 0. The molecule has 16 heteroatoms. The first kappa shape index (κ1) is 48.1. The third kappa shape index (κ3) is 8.76. The summed E-state index contributed by atoms with van der Waals surface area (Å²) in [5.74, 6) is -0.218. The molecule has 0 radical (unpaired) electrons. The van der Waals surface area contributed by atoms with Crippen LogP contribution >= 0.6 is 15.9 Å². The Morgan fingerprint density at radius 1 is 0.575 bits per heavy atom. The number of halogens is 3. The SMILES string of the molecule is Cc1c(-c2ccccn2)nc2cc(F)ccc2c1N1CC(C)(C)c2nc(Br)c(N3CCOCC3)cc21.[C-]#[N+]c1nc2c(cc1N1CCOCC1)N(c1c(C)c(-c3ccccn3)nc3cc(F)ccc13)CC2(C)C. The van der Waals surface area contributed by atoms with Gasteiger partial charge in [-0.05, 0) is 90.4 Å². The van der Waals surface area contributed by atoms with E-state index >= 15 is 0 Å². The molecule has 2 fully saturated rings. The molecule has 4 aliphatic rings. The number of ether oxygens (including phenoxy) is 2. The normalized spacial score (nSPS) is 16.8. The average Bonchev–Trinajstić information content (AvgIpc) is 3.81. The second kappa shape index (κ2) is 19.0. The molecule has 2 aromatic carbocycles. The van der Waals surface area contributed by atoms with E-state index < -0.39 is 0 Å². The fourth-order valence-electron chi connectivity index (χ4n) is 10.8. The first-order chi connectivity index (χ1) is 35.2. The number of hydrogen-bond acceptors (Lipinski definition) is 12. The summed E-state index contributed by atoms with van der Waals surface area (Å²) in [5, 5.41) is 1.78. The number of nitrogens with zero attached hydrogens (tertiary/aromatic N) is 11. The van der Waals surface area contributed by atoms with Crippen molar-refractivity contribution >= 4 is 77.7 Å². The number of rotatable bonds is 6. The second-order valence-electron chi connectivity index (χ2n) is 20.2. The molecular weight excluding hydrogens is 989 g/mol. The standard InChI is InChI=1S/C29H27FN6O.C28H27BrFN5O/c1-18-25(21-7-5-6-10-32-21)33-22-15-19(30)8-9-20(22)26(18)36-17-29(2,3)27-23(36)16-24(28(31-4)34-27)35-11-13-37-14-12-35;1-17-24(20-6-4-5-9-31-20)32-21-14-18(30)7-8-19(21)25(17)35-16-28(2,3)26-22(35)15-23(27(29)33-26)34-10-12-36-13-11-34/h5-10,15-16H,11-14,17H2,1-3H3;4-9,14-15H,10-13,16H2,1-3H3. The van der Waals surface area contributed by atoms with E-state index in [1.54, 1.807) is 18.5 Å². The van der Waals surface area contributed by atoms with E-state index in [0.717, 1.165) is 114 Å². The van der Waals surface area contributed by atoms with Gasteiger partial charge < -0.3 is 33.9 Å². The Morgan fingerprint density at radius 2 is 1.03 bits per heavy atom. The second-order valence-corrected chi connectivity index (χ2v) is 21.0. The van der Waals surface area contributed by atoms with Gasteiger partial charge in [0.25, 0.3) is 5.82 Å². The van der Waals surface area contributed by atoms with Crippen LogP contribution in [0.25, 0.3) is 49.4 Å². The summed E-state index contributed by atoms with van der Waals surface area (Å²) in [6.07, 6.45) is 3.50. The Kier molecular flexibility index (Phi) is 12.5. The van der Waals surface area contributed by atoms with Gasteiger partial charge in [-0.3, -0.25) is 9.97 Å². The van der Waals surface area contributed by atoms with E-state index in [1.165, 1.54) is 24.3 Å². The molecule has 370 valence electrons. The molecule has 6 aromatic heterocycles. The van der Waals surface area contributed by atoms with Crippen LogP contribution in [0.4, 0.5) is 48.7 Å². The topological polar surface area (TPSA) is 113 Å². The molecular formula is C57H54BrF2N11O2. The summed E-state index contributed by atoms with van der Waals surface area (Å²) in [6.45, 7) is 27.8. The predicted molar refractivity (Wildman–Crippen MR) is 288 cm³/mol. The van der Waals surface area contributed by atoms with E-state index in [1.807, 2.05) is 49.4 Å². The van der Waals surface area contributed by atoms with Crippen molar-refractivity contribution in [1.29, 1.82) is 0 Å². The minimum absolute atomic E-state index is 0.186. The van der Waals surface area contributed by atoms with Crippen LogP contribution < -0.4 is 19.6 Å². The van der Waals surface area contributed by atoms with Gasteiger partial charge in [0.1, 0.15) is 16.2 Å². The Labute approximate surface area is 431 Å². The molecule has 13 nitrogen and oxygen atoms in total. The van der Waals surface area contributed by atoms with Crippen molar-refractivity contribution in [3.63, 3.8) is 0 Å². The lowest BCUT2D eigenvalue weighted by Gasteiger charge is -2.31. The van der Waals surface area contributed by atoms with Crippen molar-refractivity contribution in [2.24, 2.45) is 0 Å². The monoisotopic (exact) mass is 1040 g/mol. The highest BCUT2D eigenvalue weighted by atomic mass is 79.9. The zero-order chi connectivity index (χ0) is 50.8. The third-order valence-electron chi connectivity index (χ3n) is 14.4. The van der Waals surface area contributed by atoms with E-state index in [4.69, 9.17) is 36.0 Å². The number of benzene rings is 2. The van der Waals surface area contributed by atoms with Crippen molar-refractivity contribution in [2.45, 2.75) is 52.4 Å². The van der Waals surface area contributed by atoms with Crippen molar-refractivity contribution in [3.05, 3.63) is 147 Å². The summed E-state index contributed by atoms with van der Waals surface area (Å²) in [5.41, 5.74) is 13.5. The summed E-state index contributed by atoms with van der Waals surface area (Å²) in [7, 11) is 0. The molecule has 4 aliphatic heterocycles. The maximum Gasteiger partial charge on any atom is 0.293 e. The third-order valence-corrected chi connectivity index (χ3v) is 14.9. The van der Waals surface area contributed by atoms with Gasteiger partial charge in [0, 0.05) is 96.5 Å². The van der Waals surface area contributed by atoms with Gasteiger partial charge in [-0.15, -0.1) is 4.98 Å². The fourth-order valence-corrected chi connectivity index (χ4v) is 11.4. The molecule has 0 unspecified atom stereocenters. The molecule has 10 heterocycles. The van der Waals surface area contributed by atoms with Gasteiger partial charge in [-0.1, -0.05) is 46.4 Å². The quantitative estimate of drug-likeness (QED) is 0.117. The van der Waals surface area contributed by atoms with Crippen LogP contribution in [0.5, 0.6) is 0 Å². The van der Waals surface area contributed by atoms with Crippen molar-refractivity contribution in [2.75, 3.05) is 85.3 Å². The molecule has 0 spiro atoms. The summed E-state index contributed by atoms with van der Waals surface area (Å²) in [6, 6.07) is 25.5. The molecule has 73 heavy (non-hydrogen) atoms. The smallest absolute Gasteiger partial charge is 0.293 e. The van der Waals surface area contributed by atoms with Gasteiger partial charge in [-0.2, -0.15) is 0 Å². The van der Waals surface area contributed by atoms with E-state index in [2.05, 4.69) is 97.1 Å². The lowest BCUT2D eigenvalue weighted by Crippen LogP contribution is -2.36. The summed E-state index contributed by atoms with van der Waals surface area (Å²) in [4.78, 5) is 41.7. The van der Waals surface area contributed by atoms with Crippen LogP contribution in [0, 0.1) is 32.1 Å². The van der Waals surface area contributed by atoms with E-state index in [0.29, 0.717) is 62.9 Å². The molecule has 0 N–H and O–H groups in total. The van der Waals surface area contributed by atoms with E-state index in [9.17, 15) is 8.78 Å². The Balaban J connectivity index is 0.000000157. The highest BCUT2D eigenvalue weighted by Gasteiger charge is 2.44. The first-order valence-electron chi connectivity index (χ1n) is 24.6.